The number of hydrogen-bond acceptors (Lipinski definition) is 8. The molecule has 2 heterocycles. The van der Waals surface area contributed by atoms with Crippen LogP contribution < -0.4 is 15.8 Å². The number of nitrogen functional groups attached to an aromatic ring is 1. The fourth-order valence-corrected chi connectivity index (χ4v) is 4.11. The number of phenols is 1. The fraction of sp³-hybridized carbons (Fsp3) is 0.333. The van der Waals surface area contributed by atoms with Crippen LogP contribution in [0, 0.1) is 5.92 Å². The van der Waals surface area contributed by atoms with Crippen LogP contribution in [0.3, 0.4) is 0 Å². The van der Waals surface area contributed by atoms with Crippen molar-refractivity contribution in [2.24, 2.45) is 5.92 Å². The maximum absolute atomic E-state index is 12.7. The van der Waals surface area contributed by atoms with Crippen LogP contribution in [0.15, 0.2) is 29.6 Å². The van der Waals surface area contributed by atoms with Gasteiger partial charge in [0.1, 0.15) is 10.5 Å². The number of nitrogens with two attached hydrogens (primary N) is 1. The Morgan fingerprint density at radius 3 is 3.04 bits per heavy atom. The number of hydrogen-bond donors (Lipinski definition) is 4. The number of nitrogens with zero attached hydrogens (tertiary/aromatic N) is 3. The zero-order chi connectivity index (χ0) is 19.7. The van der Waals surface area contributed by atoms with Gasteiger partial charge >= 0.3 is 0 Å². The quantitative estimate of drug-likeness (QED) is 0.349. The molecule has 1 fully saturated rings. The van der Waals surface area contributed by atoms with E-state index >= 15 is 0 Å². The molecule has 0 saturated heterocycles. The molecule has 2 aromatic heterocycles. The predicted molar refractivity (Wildman–Crippen MR) is 105 cm³/mol. The number of imidazole rings is 1. The summed E-state index contributed by atoms with van der Waals surface area (Å²) in [6, 6.07) is 4.55. The molecule has 0 bridgehead atoms. The van der Waals surface area contributed by atoms with E-state index in [1.165, 1.54) is 31.0 Å². The first-order valence-corrected chi connectivity index (χ1v) is 9.81. The lowest BCUT2D eigenvalue weighted by atomic mass is 10.1. The molecule has 0 aliphatic heterocycles. The average molecular weight is 400 g/mol. The van der Waals surface area contributed by atoms with Crippen molar-refractivity contribution in [3.63, 3.8) is 0 Å². The fourth-order valence-electron chi connectivity index (χ4n) is 2.96. The Balaban J connectivity index is 1.47. The van der Waals surface area contributed by atoms with Crippen molar-refractivity contribution in [1.82, 2.24) is 25.3 Å². The maximum atomic E-state index is 12.7. The van der Waals surface area contributed by atoms with Crippen molar-refractivity contribution in [1.29, 1.82) is 0 Å². The van der Waals surface area contributed by atoms with Gasteiger partial charge < -0.3 is 25.9 Å². The van der Waals surface area contributed by atoms with Gasteiger partial charge in [-0.3, -0.25) is 4.79 Å². The molecule has 5 N–H and O–H groups in total. The van der Waals surface area contributed by atoms with Crippen molar-refractivity contribution in [2.45, 2.75) is 23.9 Å². The number of amides is 1. The third-order valence-electron chi connectivity index (χ3n) is 4.62. The van der Waals surface area contributed by atoms with Gasteiger partial charge in [-0.2, -0.15) is 4.98 Å². The molecule has 146 valence electrons. The zero-order valence-corrected chi connectivity index (χ0v) is 16.0. The molecule has 28 heavy (non-hydrogen) atoms. The number of rotatable bonds is 7. The lowest BCUT2D eigenvalue weighted by molar-refractivity contribution is 0.0936. The molecule has 1 saturated carbocycles. The Labute approximate surface area is 165 Å². The largest absolute Gasteiger partial charge is 0.504 e. The average Bonchev–Trinajstić information content (AvgIpc) is 3.42. The lowest BCUT2D eigenvalue weighted by Crippen LogP contribution is -2.38. The highest BCUT2D eigenvalue weighted by atomic mass is 32.2. The Morgan fingerprint density at radius 1 is 1.46 bits per heavy atom. The number of nitrogens with one attached hydrogen (secondary N) is 2. The van der Waals surface area contributed by atoms with Crippen molar-refractivity contribution >= 4 is 34.8 Å². The smallest absolute Gasteiger partial charge is 0.251 e. The number of carbonyl (C=O) groups is 1. The summed E-state index contributed by atoms with van der Waals surface area (Å²) in [6.45, 7) is 0. The van der Waals surface area contributed by atoms with E-state index in [1.807, 2.05) is 0 Å². The van der Waals surface area contributed by atoms with Gasteiger partial charge in [0.2, 0.25) is 5.95 Å². The number of H-pyrrole nitrogens is 1. The SMILES string of the molecule is COc1cc(C(=O)N[C@@H](CSc2nc(N)nc3nc[nH]c23)C2CC2)ccc1O. The number of carbonyl (C=O) groups excluding carboxylic acids is 1. The minimum absolute atomic E-state index is 0.00160. The van der Waals surface area contributed by atoms with Gasteiger partial charge in [-0.1, -0.05) is 0 Å². The van der Waals surface area contributed by atoms with Gasteiger partial charge in [0.15, 0.2) is 17.1 Å². The molecule has 9 nitrogen and oxygen atoms in total. The number of thioether (sulfide) groups is 1. The molecule has 0 unspecified atom stereocenters. The number of aromatic hydroxyl groups is 1. The molecule has 4 rings (SSSR count). The van der Waals surface area contributed by atoms with E-state index in [-0.39, 0.29) is 29.4 Å². The van der Waals surface area contributed by atoms with Crippen molar-refractivity contribution in [2.75, 3.05) is 18.6 Å². The number of aromatic amines is 1. The van der Waals surface area contributed by atoms with Crippen LogP contribution in [-0.2, 0) is 0 Å². The summed E-state index contributed by atoms with van der Waals surface area (Å²) in [7, 11) is 1.45. The van der Waals surface area contributed by atoms with Crippen LogP contribution in [-0.4, -0.2) is 49.9 Å². The molecule has 10 heteroatoms. The van der Waals surface area contributed by atoms with Crippen LogP contribution in [0.2, 0.25) is 0 Å². The van der Waals surface area contributed by atoms with E-state index in [4.69, 9.17) is 10.5 Å². The molecule has 1 aromatic carbocycles. The van der Waals surface area contributed by atoms with Gasteiger partial charge in [0.05, 0.1) is 13.4 Å². The third-order valence-corrected chi connectivity index (χ3v) is 5.71. The first kappa shape index (κ1) is 18.4. The van der Waals surface area contributed by atoms with E-state index in [2.05, 4.69) is 25.3 Å². The third kappa shape index (κ3) is 3.81. The monoisotopic (exact) mass is 400 g/mol. The molecule has 0 spiro atoms. The first-order chi connectivity index (χ1) is 13.5. The molecule has 1 aliphatic carbocycles. The number of anilines is 1. The second-order valence-electron chi connectivity index (χ2n) is 6.60. The van der Waals surface area contributed by atoms with E-state index in [1.54, 1.807) is 12.4 Å². The summed E-state index contributed by atoms with van der Waals surface area (Å²) in [5, 5.41) is 13.5. The minimum atomic E-state index is -0.204. The summed E-state index contributed by atoms with van der Waals surface area (Å²) in [5.41, 5.74) is 7.47. The van der Waals surface area contributed by atoms with Crippen molar-refractivity contribution in [3.05, 3.63) is 30.1 Å². The Kier molecular flexibility index (Phi) is 4.95. The highest BCUT2D eigenvalue weighted by Crippen LogP contribution is 2.36. The van der Waals surface area contributed by atoms with Crippen LogP contribution in [0.5, 0.6) is 11.5 Å². The van der Waals surface area contributed by atoms with Crippen LogP contribution >= 0.6 is 11.8 Å². The second kappa shape index (κ2) is 7.55. The second-order valence-corrected chi connectivity index (χ2v) is 7.61. The Bertz CT molecular complexity index is 1020. The molecule has 1 atom stereocenters. The number of aromatic nitrogens is 4. The molecule has 1 aliphatic rings. The van der Waals surface area contributed by atoms with Crippen molar-refractivity contribution in [3.8, 4) is 11.5 Å². The summed E-state index contributed by atoms with van der Waals surface area (Å²) in [5.74, 6) is 1.32. The molecule has 1 amide bonds. The van der Waals surface area contributed by atoms with Crippen LogP contribution in [0.25, 0.3) is 11.2 Å². The summed E-state index contributed by atoms with van der Waals surface area (Å²) < 4.78 is 5.08. The Morgan fingerprint density at radius 2 is 2.29 bits per heavy atom. The summed E-state index contributed by atoms with van der Waals surface area (Å²) in [6.07, 6.45) is 3.72. The van der Waals surface area contributed by atoms with Crippen molar-refractivity contribution < 1.29 is 14.6 Å². The first-order valence-electron chi connectivity index (χ1n) is 8.82. The summed E-state index contributed by atoms with van der Waals surface area (Å²) in [4.78, 5) is 28.2. The van der Waals surface area contributed by atoms with E-state index in [0.29, 0.717) is 27.9 Å². The normalized spacial score (nSPS) is 14.8. The van der Waals surface area contributed by atoms with Gasteiger partial charge in [-0.15, -0.1) is 11.8 Å². The lowest BCUT2D eigenvalue weighted by Gasteiger charge is -2.18. The van der Waals surface area contributed by atoms with Gasteiger partial charge in [0, 0.05) is 17.4 Å². The predicted octanol–water partition coefficient (Wildman–Crippen LogP) is 1.95. The molecule has 3 aromatic rings. The van der Waals surface area contributed by atoms with Crippen LogP contribution in [0.1, 0.15) is 23.2 Å². The van der Waals surface area contributed by atoms with E-state index in [0.717, 1.165) is 18.4 Å². The zero-order valence-electron chi connectivity index (χ0n) is 15.2. The number of methoxy groups -OCH3 is 1. The number of benzene rings is 1. The maximum Gasteiger partial charge on any atom is 0.251 e. The van der Waals surface area contributed by atoms with E-state index < -0.39 is 0 Å². The number of phenolic OH excluding ortho intramolecular Hbond substituents is 1. The summed E-state index contributed by atoms with van der Waals surface area (Å²) >= 11 is 1.51. The van der Waals surface area contributed by atoms with E-state index in [9.17, 15) is 9.90 Å². The number of ether oxygens (including phenoxy) is 1. The molecular formula is C18H20N6O3S. The highest BCUT2D eigenvalue weighted by molar-refractivity contribution is 7.99. The van der Waals surface area contributed by atoms with Gasteiger partial charge in [-0.25, -0.2) is 9.97 Å². The highest BCUT2D eigenvalue weighted by Gasteiger charge is 2.33. The van der Waals surface area contributed by atoms with Gasteiger partial charge in [-0.05, 0) is 37.0 Å². The minimum Gasteiger partial charge on any atom is -0.504 e. The van der Waals surface area contributed by atoms with Crippen LogP contribution in [0.4, 0.5) is 5.95 Å². The molecular weight excluding hydrogens is 380 g/mol. The molecule has 0 radical (unpaired) electrons. The van der Waals surface area contributed by atoms with Gasteiger partial charge in [0.25, 0.3) is 5.91 Å². The Hall–Kier alpha value is -3.01. The standard InChI is InChI=1S/C18H20N6O3S/c1-27-13-6-10(4-5-12(13)25)16(26)22-11(9-2-3-9)7-28-17-14-15(21-8-20-14)23-18(19)24-17/h4-6,8-9,11,25H,2-3,7H2,1H3,(H,22,26)(H3,19,20,21,23,24)/t11-/m0/s1. The number of fused-ring (bicyclic) bond motifs is 1. The topological polar surface area (TPSA) is 139 Å².